The molecule has 2 N–H and O–H groups in total. The van der Waals surface area contributed by atoms with Gasteiger partial charge in [0.25, 0.3) is 0 Å². The maximum atomic E-state index is 14.0. The molecule has 0 aromatic heterocycles. The van der Waals surface area contributed by atoms with Crippen LogP contribution in [0.2, 0.25) is 0 Å². The van der Waals surface area contributed by atoms with Crippen LogP contribution in [0.3, 0.4) is 0 Å². The summed E-state index contributed by atoms with van der Waals surface area (Å²) in [5, 5.41) is 7.79. The van der Waals surface area contributed by atoms with Crippen LogP contribution in [0.15, 0.2) is 66.7 Å². The number of piperazine rings is 1. The van der Waals surface area contributed by atoms with E-state index in [-0.39, 0.29) is 37.4 Å². The third-order valence-corrected chi connectivity index (χ3v) is 7.99. The fourth-order valence-electron chi connectivity index (χ4n) is 5.51. The topological polar surface area (TPSA) is 122 Å². The number of anilines is 1. The van der Waals surface area contributed by atoms with Crippen LogP contribution in [0, 0.1) is 0 Å². The highest BCUT2D eigenvalue weighted by atomic mass is 32.2. The molecule has 40 heavy (non-hydrogen) atoms. The lowest BCUT2D eigenvalue weighted by Crippen LogP contribution is -2.65. The van der Waals surface area contributed by atoms with E-state index in [0.29, 0.717) is 12.2 Å². The summed E-state index contributed by atoms with van der Waals surface area (Å²) in [4.78, 5) is 43.1. The van der Waals surface area contributed by atoms with E-state index in [1.165, 1.54) is 12.1 Å². The third kappa shape index (κ3) is 5.45. The molecule has 2 fully saturated rings. The van der Waals surface area contributed by atoms with Crippen molar-refractivity contribution in [3.05, 3.63) is 77.9 Å². The fraction of sp³-hybridized carbons (Fsp3) is 0.321. The minimum Gasteiger partial charge on any atom is -0.340 e. The van der Waals surface area contributed by atoms with E-state index in [1.807, 2.05) is 42.5 Å². The molecule has 3 aromatic rings. The molecule has 0 radical (unpaired) electrons. The molecule has 11 nitrogen and oxygen atoms in total. The number of nitrogens with one attached hydrogen (secondary N) is 2. The van der Waals surface area contributed by atoms with Crippen LogP contribution < -0.4 is 10.0 Å². The maximum absolute atomic E-state index is 14.0. The highest BCUT2D eigenvalue weighted by Gasteiger charge is 2.51. The average Bonchev–Trinajstić information content (AvgIpc) is 3.26. The first-order valence-corrected chi connectivity index (χ1v) is 14.8. The van der Waals surface area contributed by atoms with E-state index < -0.39 is 22.2 Å². The van der Waals surface area contributed by atoms with Crippen molar-refractivity contribution < 1.29 is 22.8 Å². The number of carbonyl (C=O) groups excluding carboxylic acids is 3. The number of hydrogen-bond donors (Lipinski definition) is 2. The predicted octanol–water partition coefficient (Wildman–Crippen LogP) is 1.82. The van der Waals surface area contributed by atoms with Gasteiger partial charge in [-0.25, -0.2) is 13.2 Å². The van der Waals surface area contributed by atoms with Gasteiger partial charge in [0, 0.05) is 32.7 Å². The number of nitrogens with zero attached hydrogens (tertiary/aromatic N) is 4. The summed E-state index contributed by atoms with van der Waals surface area (Å²) in [6.07, 6.45) is 0.787. The number of fused-ring (bicyclic) bond motifs is 2. The van der Waals surface area contributed by atoms with Gasteiger partial charge in [0.05, 0.1) is 19.3 Å². The van der Waals surface area contributed by atoms with E-state index in [2.05, 4.69) is 10.0 Å². The number of rotatable bonds is 7. The van der Waals surface area contributed by atoms with Crippen molar-refractivity contribution in [3.63, 3.8) is 0 Å². The largest absolute Gasteiger partial charge is 0.340 e. The van der Waals surface area contributed by atoms with Crippen LogP contribution in [0.4, 0.5) is 10.5 Å². The predicted molar refractivity (Wildman–Crippen MR) is 151 cm³/mol. The van der Waals surface area contributed by atoms with Gasteiger partial charge in [-0.15, -0.1) is 0 Å². The molecule has 0 bridgehead atoms. The molecule has 3 aromatic carbocycles. The third-order valence-electron chi connectivity index (χ3n) is 7.39. The summed E-state index contributed by atoms with van der Waals surface area (Å²) in [6, 6.07) is 19.6. The van der Waals surface area contributed by atoms with Gasteiger partial charge < -0.3 is 15.1 Å². The van der Waals surface area contributed by atoms with Crippen LogP contribution >= 0.6 is 0 Å². The first-order valence-electron chi connectivity index (χ1n) is 12.9. The van der Waals surface area contributed by atoms with Crippen LogP contribution in [0.1, 0.15) is 11.1 Å². The molecule has 2 atom stereocenters. The highest BCUT2D eigenvalue weighted by molar-refractivity contribution is 7.92. The number of sulfonamides is 1. The molecule has 5 rings (SSSR count). The molecule has 12 heteroatoms. The first kappa shape index (κ1) is 27.4. The van der Waals surface area contributed by atoms with Crippen molar-refractivity contribution in [1.82, 2.24) is 25.1 Å². The van der Waals surface area contributed by atoms with Gasteiger partial charge in [0.2, 0.25) is 21.8 Å². The molecular formula is C28H32N6O5S. The van der Waals surface area contributed by atoms with Gasteiger partial charge >= 0.3 is 6.03 Å². The lowest BCUT2D eigenvalue weighted by Gasteiger charge is -2.45. The number of hydrazine groups is 1. The van der Waals surface area contributed by atoms with Crippen molar-refractivity contribution in [3.8, 4) is 0 Å². The number of hydrogen-bond acceptors (Lipinski definition) is 6. The highest BCUT2D eigenvalue weighted by Crippen LogP contribution is 2.31. The van der Waals surface area contributed by atoms with Gasteiger partial charge in [-0.3, -0.25) is 19.3 Å². The van der Waals surface area contributed by atoms with Gasteiger partial charge in [0.1, 0.15) is 12.2 Å². The van der Waals surface area contributed by atoms with Gasteiger partial charge in [-0.2, -0.15) is 5.01 Å². The number of carbonyl (C=O) groups is 3. The second-order valence-electron chi connectivity index (χ2n) is 10.1. The summed E-state index contributed by atoms with van der Waals surface area (Å²) in [6.45, 7) is 0.560. The Hall–Kier alpha value is -4.16. The minimum absolute atomic E-state index is 0.0301. The molecule has 2 aliphatic heterocycles. The lowest BCUT2D eigenvalue weighted by molar-refractivity contribution is -0.157. The van der Waals surface area contributed by atoms with Crippen molar-refractivity contribution >= 4 is 44.3 Å². The summed E-state index contributed by atoms with van der Waals surface area (Å²) >= 11 is 0. The van der Waals surface area contributed by atoms with Crippen LogP contribution in [-0.2, 0) is 32.6 Å². The van der Waals surface area contributed by atoms with Crippen molar-refractivity contribution in [2.45, 2.75) is 25.2 Å². The Bertz CT molecular complexity index is 1560. The molecule has 0 spiro atoms. The second-order valence-corrected chi connectivity index (χ2v) is 11.9. The SMILES string of the molecule is CNC(=O)N(C)N1CC(=O)N2[C@@H](Cc3ccc(NS(C)(=O)=O)cc3)C(=O)N(Cc3cccc4ccccc34)C[C@@H]21. The Morgan fingerprint density at radius 2 is 1.73 bits per heavy atom. The maximum Gasteiger partial charge on any atom is 0.331 e. The summed E-state index contributed by atoms with van der Waals surface area (Å²) in [7, 11) is -0.303. The minimum atomic E-state index is -3.43. The van der Waals surface area contributed by atoms with Gasteiger partial charge in [0.15, 0.2) is 0 Å². The number of amides is 4. The Morgan fingerprint density at radius 1 is 1.02 bits per heavy atom. The Kier molecular flexibility index (Phi) is 7.39. The zero-order valence-electron chi connectivity index (χ0n) is 22.6. The molecule has 0 aliphatic carbocycles. The Balaban J connectivity index is 1.48. The van der Waals surface area contributed by atoms with E-state index in [4.69, 9.17) is 0 Å². The normalized spacial score (nSPS) is 19.6. The quantitative estimate of drug-likeness (QED) is 0.452. The molecular weight excluding hydrogens is 532 g/mol. The standard InChI is InChI=1S/C28H32N6O5S/c1-29-28(37)31(2)33-18-26(35)34-24(15-19-11-13-22(14-12-19)30-40(3,38)39)27(36)32(17-25(33)34)16-21-9-6-8-20-7-4-5-10-23(20)21/h4-14,24-25,30H,15-18H2,1-3H3,(H,29,37)/t24-,25+/m0/s1. The monoisotopic (exact) mass is 564 g/mol. The van der Waals surface area contributed by atoms with Crippen molar-refractivity contribution in [1.29, 1.82) is 0 Å². The lowest BCUT2D eigenvalue weighted by atomic mass is 9.99. The van der Waals surface area contributed by atoms with E-state index in [1.54, 1.807) is 46.1 Å². The summed E-state index contributed by atoms with van der Waals surface area (Å²) < 4.78 is 25.6. The Morgan fingerprint density at radius 3 is 2.42 bits per heavy atom. The van der Waals surface area contributed by atoms with Crippen LogP contribution in [0.25, 0.3) is 10.8 Å². The van der Waals surface area contributed by atoms with Gasteiger partial charge in [-0.05, 0) is 34.0 Å². The van der Waals surface area contributed by atoms with Crippen molar-refractivity contribution in [2.24, 2.45) is 0 Å². The zero-order chi connectivity index (χ0) is 28.6. The molecule has 210 valence electrons. The molecule has 2 aliphatic rings. The van der Waals surface area contributed by atoms with Gasteiger partial charge in [-0.1, -0.05) is 54.6 Å². The summed E-state index contributed by atoms with van der Waals surface area (Å²) in [5.74, 6) is -0.417. The summed E-state index contributed by atoms with van der Waals surface area (Å²) in [5.41, 5.74) is 2.17. The van der Waals surface area contributed by atoms with Crippen molar-refractivity contribution in [2.75, 3.05) is 38.2 Å². The molecule has 0 unspecified atom stereocenters. The number of benzene rings is 3. The van der Waals surface area contributed by atoms with E-state index in [0.717, 1.165) is 28.2 Å². The van der Waals surface area contributed by atoms with E-state index in [9.17, 15) is 22.8 Å². The van der Waals surface area contributed by atoms with Crippen LogP contribution in [0.5, 0.6) is 0 Å². The molecule has 0 saturated carbocycles. The van der Waals surface area contributed by atoms with E-state index >= 15 is 0 Å². The average molecular weight is 565 g/mol. The fourth-order valence-corrected chi connectivity index (χ4v) is 6.08. The zero-order valence-corrected chi connectivity index (χ0v) is 23.4. The van der Waals surface area contributed by atoms with Crippen LogP contribution in [-0.4, -0.2) is 91.7 Å². The second kappa shape index (κ2) is 10.8. The molecule has 2 saturated heterocycles. The first-order chi connectivity index (χ1) is 19.1. The smallest absolute Gasteiger partial charge is 0.331 e. The number of urea groups is 1. The Labute approximate surface area is 233 Å². The molecule has 4 amide bonds. The molecule has 2 heterocycles.